The topological polar surface area (TPSA) is 98.5 Å². The fraction of sp³-hybridized carbons (Fsp3) is 0.222. The van der Waals surface area contributed by atoms with Crippen LogP contribution >= 0.6 is 0 Å². The summed E-state index contributed by atoms with van der Waals surface area (Å²) in [6, 6.07) is 10.9. The Labute approximate surface area is 144 Å². The molecule has 0 radical (unpaired) electrons. The van der Waals surface area contributed by atoms with E-state index in [1.807, 2.05) is 0 Å². The summed E-state index contributed by atoms with van der Waals surface area (Å²) in [4.78, 5) is 34.6. The zero-order valence-corrected chi connectivity index (χ0v) is 13.9. The van der Waals surface area contributed by atoms with E-state index in [4.69, 9.17) is 4.74 Å². The first-order chi connectivity index (χ1) is 11.9. The third-order valence-corrected chi connectivity index (χ3v) is 3.56. The lowest BCUT2D eigenvalue weighted by atomic mass is 10.1. The molecule has 2 aromatic carbocycles. The van der Waals surface area contributed by atoms with Crippen molar-refractivity contribution in [1.82, 2.24) is 0 Å². The van der Waals surface area contributed by atoms with Crippen LogP contribution in [-0.4, -0.2) is 23.4 Å². The summed E-state index contributed by atoms with van der Waals surface area (Å²) in [5, 5.41) is 13.7. The maximum Gasteiger partial charge on any atom is 0.338 e. The summed E-state index contributed by atoms with van der Waals surface area (Å²) >= 11 is 0. The highest BCUT2D eigenvalue weighted by molar-refractivity contribution is 5.96. The van der Waals surface area contributed by atoms with Crippen molar-refractivity contribution < 1.29 is 19.2 Å². The van der Waals surface area contributed by atoms with Crippen LogP contribution in [0.3, 0.4) is 0 Å². The number of carbonyl (C=O) groups is 2. The Morgan fingerprint density at radius 2 is 1.92 bits per heavy atom. The van der Waals surface area contributed by atoms with Crippen molar-refractivity contribution in [3.63, 3.8) is 0 Å². The molecule has 0 saturated carbocycles. The van der Waals surface area contributed by atoms with Crippen molar-refractivity contribution in [2.24, 2.45) is 0 Å². The molecular formula is C18H18N2O5. The number of nitrogens with zero attached hydrogens (tertiary/aromatic N) is 1. The Hall–Kier alpha value is -3.22. The molecule has 0 aromatic heterocycles. The third-order valence-electron chi connectivity index (χ3n) is 3.56. The molecule has 0 spiro atoms. The first-order valence-corrected chi connectivity index (χ1v) is 7.72. The van der Waals surface area contributed by atoms with Gasteiger partial charge >= 0.3 is 5.97 Å². The minimum Gasteiger partial charge on any atom is -0.462 e. The molecule has 0 aliphatic carbocycles. The second-order valence-electron chi connectivity index (χ2n) is 5.36. The zero-order valence-electron chi connectivity index (χ0n) is 13.9. The van der Waals surface area contributed by atoms with Gasteiger partial charge < -0.3 is 10.1 Å². The number of hydrogen-bond acceptors (Lipinski definition) is 5. The number of ether oxygens (including phenoxy) is 1. The van der Waals surface area contributed by atoms with Crippen LogP contribution in [0.25, 0.3) is 0 Å². The van der Waals surface area contributed by atoms with Gasteiger partial charge in [-0.1, -0.05) is 24.3 Å². The van der Waals surface area contributed by atoms with Crippen LogP contribution in [0.15, 0.2) is 42.5 Å². The second-order valence-corrected chi connectivity index (χ2v) is 5.36. The van der Waals surface area contributed by atoms with Crippen molar-refractivity contribution in [1.29, 1.82) is 0 Å². The fourth-order valence-corrected chi connectivity index (χ4v) is 2.30. The number of nitrogens with one attached hydrogen (secondary N) is 1. The standard InChI is InChI=1S/C18H18N2O5/c1-3-25-18(22)14-9-8-12(2)15(10-14)19-17(21)11-13-6-4-5-7-16(13)20(23)24/h4-10H,3,11H2,1-2H3,(H,19,21). The zero-order chi connectivity index (χ0) is 18.4. The van der Waals surface area contributed by atoms with Crippen LogP contribution in [0.5, 0.6) is 0 Å². The SMILES string of the molecule is CCOC(=O)c1ccc(C)c(NC(=O)Cc2ccccc2[N+](=O)[O-])c1. The van der Waals surface area contributed by atoms with Gasteiger partial charge in [-0.2, -0.15) is 0 Å². The summed E-state index contributed by atoms with van der Waals surface area (Å²) in [5.41, 5.74) is 1.78. The Morgan fingerprint density at radius 3 is 2.60 bits per heavy atom. The molecule has 0 fully saturated rings. The average molecular weight is 342 g/mol. The lowest BCUT2D eigenvalue weighted by Crippen LogP contribution is -2.16. The van der Waals surface area contributed by atoms with Gasteiger partial charge in [-0.3, -0.25) is 14.9 Å². The molecular weight excluding hydrogens is 324 g/mol. The number of carbonyl (C=O) groups excluding carboxylic acids is 2. The highest BCUT2D eigenvalue weighted by Crippen LogP contribution is 2.21. The van der Waals surface area contributed by atoms with E-state index in [-0.39, 0.29) is 18.7 Å². The van der Waals surface area contributed by atoms with Crippen LogP contribution < -0.4 is 5.32 Å². The Balaban J connectivity index is 2.17. The molecule has 0 saturated heterocycles. The minimum absolute atomic E-state index is 0.102. The number of amides is 1. The molecule has 0 bridgehead atoms. The van der Waals surface area contributed by atoms with Gasteiger partial charge in [-0.25, -0.2) is 4.79 Å². The predicted octanol–water partition coefficient (Wildman–Crippen LogP) is 3.26. The largest absolute Gasteiger partial charge is 0.462 e. The molecule has 1 amide bonds. The monoisotopic (exact) mass is 342 g/mol. The van der Waals surface area contributed by atoms with Crippen LogP contribution in [0, 0.1) is 17.0 Å². The number of anilines is 1. The molecule has 0 heterocycles. The van der Waals surface area contributed by atoms with Crippen LogP contribution in [0.1, 0.15) is 28.4 Å². The fourth-order valence-electron chi connectivity index (χ4n) is 2.30. The van der Waals surface area contributed by atoms with E-state index in [1.165, 1.54) is 12.1 Å². The second kappa shape index (κ2) is 8.05. The van der Waals surface area contributed by atoms with Crippen LogP contribution in [0.4, 0.5) is 11.4 Å². The number of hydrogen-bond donors (Lipinski definition) is 1. The molecule has 2 rings (SSSR count). The van der Waals surface area contributed by atoms with E-state index < -0.39 is 16.8 Å². The number of rotatable bonds is 6. The number of aryl methyl sites for hydroxylation is 1. The third kappa shape index (κ3) is 4.63. The summed E-state index contributed by atoms with van der Waals surface area (Å²) in [5.74, 6) is -0.880. The Bertz CT molecular complexity index is 817. The maximum atomic E-state index is 12.3. The molecule has 0 unspecified atom stereocenters. The first kappa shape index (κ1) is 18.1. The van der Waals surface area contributed by atoms with Gasteiger partial charge in [0.05, 0.1) is 23.5 Å². The van der Waals surface area contributed by atoms with Crippen molar-refractivity contribution in [2.45, 2.75) is 20.3 Å². The summed E-state index contributed by atoms with van der Waals surface area (Å²) in [7, 11) is 0. The maximum absolute atomic E-state index is 12.3. The van der Waals surface area contributed by atoms with Crippen molar-refractivity contribution >= 4 is 23.3 Å². The van der Waals surface area contributed by atoms with Gasteiger partial charge in [0.15, 0.2) is 0 Å². The van der Waals surface area contributed by atoms with Gasteiger partial charge in [0.25, 0.3) is 5.69 Å². The summed E-state index contributed by atoms with van der Waals surface area (Å²) in [6.07, 6.45) is -0.139. The molecule has 7 nitrogen and oxygen atoms in total. The van der Waals surface area contributed by atoms with E-state index in [9.17, 15) is 19.7 Å². The molecule has 0 atom stereocenters. The summed E-state index contributed by atoms with van der Waals surface area (Å²) < 4.78 is 4.94. The quantitative estimate of drug-likeness (QED) is 0.493. The lowest BCUT2D eigenvalue weighted by molar-refractivity contribution is -0.385. The molecule has 0 aliphatic rings. The molecule has 25 heavy (non-hydrogen) atoms. The Kier molecular flexibility index (Phi) is 5.84. The molecule has 130 valence electrons. The van der Waals surface area contributed by atoms with Gasteiger partial charge in [-0.05, 0) is 31.5 Å². The average Bonchev–Trinajstić information content (AvgIpc) is 2.57. The van der Waals surface area contributed by atoms with Crippen molar-refractivity contribution in [3.05, 3.63) is 69.3 Å². The number of esters is 1. The van der Waals surface area contributed by atoms with Crippen molar-refractivity contribution in [3.8, 4) is 0 Å². The minimum atomic E-state index is -0.519. The highest BCUT2D eigenvalue weighted by Gasteiger charge is 2.16. The van der Waals surface area contributed by atoms with Gasteiger partial charge in [0.1, 0.15) is 0 Å². The number of para-hydroxylation sites is 1. The Morgan fingerprint density at radius 1 is 1.20 bits per heavy atom. The van der Waals surface area contributed by atoms with Gasteiger partial charge in [0, 0.05) is 17.3 Å². The van der Waals surface area contributed by atoms with E-state index >= 15 is 0 Å². The lowest BCUT2D eigenvalue weighted by Gasteiger charge is -2.10. The molecule has 7 heteroatoms. The van der Waals surface area contributed by atoms with E-state index in [0.717, 1.165) is 5.56 Å². The first-order valence-electron chi connectivity index (χ1n) is 7.72. The normalized spacial score (nSPS) is 10.2. The summed E-state index contributed by atoms with van der Waals surface area (Å²) in [6.45, 7) is 3.75. The van der Waals surface area contributed by atoms with Gasteiger partial charge in [-0.15, -0.1) is 0 Å². The predicted molar refractivity (Wildman–Crippen MR) is 92.6 cm³/mol. The number of nitro groups is 1. The molecule has 0 aliphatic heterocycles. The van der Waals surface area contributed by atoms with E-state index in [1.54, 1.807) is 44.2 Å². The number of nitro benzene ring substituents is 1. The smallest absolute Gasteiger partial charge is 0.338 e. The van der Waals surface area contributed by atoms with Crippen molar-refractivity contribution in [2.75, 3.05) is 11.9 Å². The number of benzene rings is 2. The highest BCUT2D eigenvalue weighted by atomic mass is 16.6. The van der Waals surface area contributed by atoms with E-state index in [2.05, 4.69) is 5.32 Å². The molecule has 1 N–H and O–H groups in total. The van der Waals surface area contributed by atoms with Crippen LogP contribution in [-0.2, 0) is 16.0 Å². The van der Waals surface area contributed by atoms with E-state index in [0.29, 0.717) is 16.8 Å². The molecule has 2 aromatic rings. The van der Waals surface area contributed by atoms with Gasteiger partial charge in [0.2, 0.25) is 5.91 Å². The van der Waals surface area contributed by atoms with Crippen LogP contribution in [0.2, 0.25) is 0 Å².